The molecule has 3 unspecified atom stereocenters. The number of nitrogens with two attached hydrogens (primary N) is 1. The highest BCUT2D eigenvalue weighted by Gasteiger charge is 2.47. The van der Waals surface area contributed by atoms with Crippen molar-refractivity contribution < 1.29 is 4.74 Å². The highest BCUT2D eigenvalue weighted by atomic mass is 16.5. The fourth-order valence-electron chi connectivity index (χ4n) is 4.05. The standard InChI is InChI=1S/C15H30N2O/c1-12-9-14(3,4)5-6-15(12,11-16)17-7-8-18-13(2)10-17/h12-13H,5-11,16H2,1-4H3. The molecule has 0 amide bonds. The van der Waals surface area contributed by atoms with E-state index in [0.29, 0.717) is 17.4 Å². The van der Waals surface area contributed by atoms with E-state index in [0.717, 1.165) is 26.2 Å². The minimum absolute atomic E-state index is 0.216. The van der Waals surface area contributed by atoms with E-state index in [4.69, 9.17) is 10.5 Å². The Morgan fingerprint density at radius 1 is 1.28 bits per heavy atom. The van der Waals surface area contributed by atoms with Gasteiger partial charge in [0, 0.05) is 25.2 Å². The van der Waals surface area contributed by atoms with Crippen LogP contribution in [0.5, 0.6) is 0 Å². The maximum Gasteiger partial charge on any atom is 0.0674 e. The Balaban J connectivity index is 2.15. The third kappa shape index (κ3) is 2.59. The summed E-state index contributed by atoms with van der Waals surface area (Å²) in [6.07, 6.45) is 4.17. The van der Waals surface area contributed by atoms with Crippen LogP contribution in [0, 0.1) is 11.3 Å². The molecule has 1 aliphatic carbocycles. The predicted octanol–water partition coefficient (Wildman–Crippen LogP) is 2.25. The summed E-state index contributed by atoms with van der Waals surface area (Å²) in [7, 11) is 0. The van der Waals surface area contributed by atoms with Gasteiger partial charge in [-0.3, -0.25) is 4.90 Å². The van der Waals surface area contributed by atoms with Gasteiger partial charge in [-0.1, -0.05) is 20.8 Å². The Bertz CT molecular complexity index is 292. The smallest absolute Gasteiger partial charge is 0.0674 e. The fraction of sp³-hybridized carbons (Fsp3) is 1.00. The molecular weight excluding hydrogens is 224 g/mol. The topological polar surface area (TPSA) is 38.5 Å². The van der Waals surface area contributed by atoms with Crippen LogP contribution in [0.1, 0.15) is 47.0 Å². The third-order valence-electron chi connectivity index (χ3n) is 5.24. The Labute approximate surface area is 112 Å². The van der Waals surface area contributed by atoms with Crippen LogP contribution < -0.4 is 5.73 Å². The number of nitrogens with zero attached hydrogens (tertiary/aromatic N) is 1. The van der Waals surface area contributed by atoms with Gasteiger partial charge in [-0.15, -0.1) is 0 Å². The van der Waals surface area contributed by atoms with E-state index < -0.39 is 0 Å². The van der Waals surface area contributed by atoms with Crippen molar-refractivity contribution in [2.75, 3.05) is 26.2 Å². The lowest BCUT2D eigenvalue weighted by molar-refractivity contribution is -0.0976. The van der Waals surface area contributed by atoms with Crippen LogP contribution in [0.4, 0.5) is 0 Å². The summed E-state index contributed by atoms with van der Waals surface area (Å²) in [6.45, 7) is 13.1. The van der Waals surface area contributed by atoms with Gasteiger partial charge in [0.2, 0.25) is 0 Å². The van der Waals surface area contributed by atoms with Gasteiger partial charge in [-0.05, 0) is 37.5 Å². The Morgan fingerprint density at radius 2 is 2.00 bits per heavy atom. The monoisotopic (exact) mass is 254 g/mol. The summed E-state index contributed by atoms with van der Waals surface area (Å²) in [6, 6.07) is 0. The van der Waals surface area contributed by atoms with Gasteiger partial charge in [0.05, 0.1) is 12.7 Å². The van der Waals surface area contributed by atoms with Crippen LogP contribution in [-0.2, 0) is 4.74 Å². The van der Waals surface area contributed by atoms with Gasteiger partial charge in [-0.2, -0.15) is 0 Å². The first kappa shape index (κ1) is 14.3. The van der Waals surface area contributed by atoms with Crippen LogP contribution >= 0.6 is 0 Å². The zero-order valence-corrected chi connectivity index (χ0v) is 12.5. The second-order valence-corrected chi connectivity index (χ2v) is 7.20. The van der Waals surface area contributed by atoms with E-state index in [-0.39, 0.29) is 5.54 Å². The number of hydrogen-bond acceptors (Lipinski definition) is 3. The van der Waals surface area contributed by atoms with Crippen molar-refractivity contribution in [3.63, 3.8) is 0 Å². The lowest BCUT2D eigenvalue weighted by atomic mass is 9.63. The quantitative estimate of drug-likeness (QED) is 0.821. The Morgan fingerprint density at radius 3 is 2.56 bits per heavy atom. The molecule has 18 heavy (non-hydrogen) atoms. The van der Waals surface area contributed by atoms with Crippen molar-refractivity contribution >= 4 is 0 Å². The molecule has 0 aromatic heterocycles. The van der Waals surface area contributed by atoms with Crippen molar-refractivity contribution in [1.82, 2.24) is 4.90 Å². The van der Waals surface area contributed by atoms with E-state index in [2.05, 4.69) is 32.6 Å². The van der Waals surface area contributed by atoms with Crippen molar-refractivity contribution in [3.8, 4) is 0 Å². The maximum atomic E-state index is 6.21. The van der Waals surface area contributed by atoms with Crippen molar-refractivity contribution in [3.05, 3.63) is 0 Å². The highest BCUT2D eigenvalue weighted by Crippen LogP contribution is 2.46. The van der Waals surface area contributed by atoms with Gasteiger partial charge in [0.1, 0.15) is 0 Å². The van der Waals surface area contributed by atoms with Gasteiger partial charge < -0.3 is 10.5 Å². The second kappa shape index (κ2) is 5.10. The van der Waals surface area contributed by atoms with E-state index in [1.165, 1.54) is 19.3 Å². The first-order valence-corrected chi connectivity index (χ1v) is 7.46. The predicted molar refractivity (Wildman–Crippen MR) is 75.6 cm³/mol. The van der Waals surface area contributed by atoms with Crippen molar-refractivity contribution in [2.24, 2.45) is 17.1 Å². The van der Waals surface area contributed by atoms with E-state index in [1.54, 1.807) is 0 Å². The molecule has 0 aromatic carbocycles. The van der Waals surface area contributed by atoms with Gasteiger partial charge in [0.15, 0.2) is 0 Å². The molecule has 0 bridgehead atoms. The molecule has 3 nitrogen and oxygen atoms in total. The largest absolute Gasteiger partial charge is 0.376 e. The molecule has 2 aliphatic rings. The molecule has 3 heteroatoms. The Hall–Kier alpha value is -0.120. The minimum Gasteiger partial charge on any atom is -0.376 e. The average molecular weight is 254 g/mol. The molecule has 1 aliphatic heterocycles. The van der Waals surface area contributed by atoms with Gasteiger partial charge >= 0.3 is 0 Å². The first-order chi connectivity index (χ1) is 8.39. The van der Waals surface area contributed by atoms with Crippen molar-refractivity contribution in [2.45, 2.75) is 58.6 Å². The van der Waals surface area contributed by atoms with Crippen molar-refractivity contribution in [1.29, 1.82) is 0 Å². The fourth-order valence-corrected chi connectivity index (χ4v) is 4.05. The zero-order valence-electron chi connectivity index (χ0n) is 12.5. The molecule has 2 fully saturated rings. The first-order valence-electron chi connectivity index (χ1n) is 7.46. The maximum absolute atomic E-state index is 6.21. The van der Waals surface area contributed by atoms with E-state index >= 15 is 0 Å². The third-order valence-corrected chi connectivity index (χ3v) is 5.24. The summed E-state index contributed by atoms with van der Waals surface area (Å²) >= 11 is 0. The molecule has 1 saturated heterocycles. The summed E-state index contributed by atoms with van der Waals surface area (Å²) in [5.74, 6) is 0.677. The molecule has 3 atom stereocenters. The molecule has 0 aromatic rings. The molecule has 0 radical (unpaired) electrons. The number of rotatable bonds is 2. The molecule has 0 spiro atoms. The van der Waals surface area contributed by atoms with Crippen LogP contribution in [0.3, 0.4) is 0 Å². The number of ether oxygens (including phenoxy) is 1. The SMILES string of the molecule is CC1CN(C2(CN)CCC(C)(C)CC2C)CCO1. The summed E-state index contributed by atoms with van der Waals surface area (Å²) < 4.78 is 5.68. The normalized spacial score (nSPS) is 41.8. The number of hydrogen-bond donors (Lipinski definition) is 1. The van der Waals surface area contributed by atoms with Crippen LogP contribution in [-0.4, -0.2) is 42.8 Å². The second-order valence-electron chi connectivity index (χ2n) is 7.20. The van der Waals surface area contributed by atoms with Crippen LogP contribution in [0.2, 0.25) is 0 Å². The van der Waals surface area contributed by atoms with E-state index in [9.17, 15) is 0 Å². The molecule has 1 heterocycles. The lowest BCUT2D eigenvalue weighted by Crippen LogP contribution is -2.64. The average Bonchev–Trinajstić information content (AvgIpc) is 2.29. The summed E-state index contributed by atoms with van der Waals surface area (Å²) in [4.78, 5) is 2.63. The summed E-state index contributed by atoms with van der Waals surface area (Å²) in [5, 5.41) is 0. The number of morpholine rings is 1. The van der Waals surface area contributed by atoms with E-state index in [1.807, 2.05) is 0 Å². The van der Waals surface area contributed by atoms with Gasteiger partial charge in [-0.25, -0.2) is 0 Å². The molecule has 106 valence electrons. The molecular formula is C15H30N2O. The van der Waals surface area contributed by atoms with Crippen LogP contribution in [0.15, 0.2) is 0 Å². The van der Waals surface area contributed by atoms with Gasteiger partial charge in [0.25, 0.3) is 0 Å². The van der Waals surface area contributed by atoms with Crippen LogP contribution in [0.25, 0.3) is 0 Å². The Kier molecular flexibility index (Phi) is 4.05. The summed E-state index contributed by atoms with van der Waals surface area (Å²) in [5.41, 5.74) is 6.91. The minimum atomic E-state index is 0.216. The molecule has 2 N–H and O–H groups in total. The lowest BCUT2D eigenvalue weighted by Gasteiger charge is -2.55. The zero-order chi connectivity index (χ0) is 13.4. The molecule has 1 saturated carbocycles. The highest BCUT2D eigenvalue weighted by molar-refractivity contribution is 5.02. The molecule has 2 rings (SSSR count).